The number of rotatable bonds is 12. The van der Waals surface area contributed by atoms with Crippen molar-refractivity contribution in [1.82, 2.24) is 29.5 Å². The van der Waals surface area contributed by atoms with E-state index in [0.717, 1.165) is 11.6 Å². The Bertz CT molecular complexity index is 1490. The molecule has 2 aromatic heterocycles. The Morgan fingerprint density at radius 2 is 1.88 bits per heavy atom. The third-order valence-electron chi connectivity index (χ3n) is 7.21. The van der Waals surface area contributed by atoms with Gasteiger partial charge in [0.1, 0.15) is 23.4 Å². The standard InChI is InChI=1S/C28H42N6O6SSi/c1-18(2)40-28(26-29-14-19(3)15-30-26,20(4)41(36,37)31-11-12-42(6,7)8)27-33-32-25-23-13-22(38-5)9-10-24(23)39-17-21(16-35)34(25)27/h9-10,13-15,18,20-21,31,35H,11-12,16-17H2,1-8H3/t20?,21-,28?/m0/s1. The van der Waals surface area contributed by atoms with Crippen LogP contribution in [0.5, 0.6) is 11.5 Å². The second-order valence-corrected chi connectivity index (χ2v) is 19.8. The summed E-state index contributed by atoms with van der Waals surface area (Å²) in [7, 11) is -4.00. The number of aliphatic hydroxyl groups is 1. The van der Waals surface area contributed by atoms with E-state index < -0.39 is 41.1 Å². The molecule has 2 unspecified atom stereocenters. The molecule has 3 aromatic rings. The number of ether oxygens (including phenoxy) is 3. The second kappa shape index (κ2) is 12.4. The lowest BCUT2D eigenvalue weighted by molar-refractivity contribution is -0.0715. The topological polar surface area (TPSA) is 151 Å². The van der Waals surface area contributed by atoms with Crippen LogP contribution in [-0.2, 0) is 20.4 Å². The van der Waals surface area contributed by atoms with Gasteiger partial charge in [-0.3, -0.25) is 4.57 Å². The number of aromatic nitrogens is 5. The summed E-state index contributed by atoms with van der Waals surface area (Å²) >= 11 is 0. The molecule has 14 heteroatoms. The fraction of sp³-hybridized carbons (Fsp3) is 0.571. The molecule has 1 aliphatic rings. The summed E-state index contributed by atoms with van der Waals surface area (Å²) in [5, 5.41) is 18.4. The maximum absolute atomic E-state index is 14.1. The van der Waals surface area contributed by atoms with Crippen LogP contribution in [0.4, 0.5) is 0 Å². The quantitative estimate of drug-likeness (QED) is 0.290. The smallest absolute Gasteiger partial charge is 0.218 e. The minimum atomic E-state index is -4.03. The average molecular weight is 619 g/mol. The molecule has 3 atom stereocenters. The van der Waals surface area contributed by atoms with Gasteiger partial charge in [0.2, 0.25) is 15.6 Å². The van der Waals surface area contributed by atoms with Crippen molar-refractivity contribution in [2.24, 2.45) is 0 Å². The highest BCUT2D eigenvalue weighted by molar-refractivity contribution is 7.90. The molecule has 0 saturated heterocycles. The van der Waals surface area contributed by atoms with Crippen molar-refractivity contribution in [3.05, 3.63) is 47.8 Å². The van der Waals surface area contributed by atoms with Gasteiger partial charge >= 0.3 is 0 Å². The predicted molar refractivity (Wildman–Crippen MR) is 162 cm³/mol. The highest BCUT2D eigenvalue weighted by Crippen LogP contribution is 2.44. The zero-order valence-electron chi connectivity index (χ0n) is 25.6. The molecule has 42 heavy (non-hydrogen) atoms. The number of nitrogens with one attached hydrogen (secondary N) is 1. The third-order valence-corrected chi connectivity index (χ3v) is 10.8. The first-order chi connectivity index (χ1) is 19.7. The Hall–Kier alpha value is -2.91. The number of fused-ring (bicyclic) bond motifs is 3. The molecule has 2 N–H and O–H groups in total. The van der Waals surface area contributed by atoms with Gasteiger partial charge in [-0.25, -0.2) is 23.1 Å². The van der Waals surface area contributed by atoms with Crippen LogP contribution < -0.4 is 14.2 Å². The minimum Gasteiger partial charge on any atom is -0.497 e. The van der Waals surface area contributed by atoms with Crippen molar-refractivity contribution >= 4 is 18.1 Å². The van der Waals surface area contributed by atoms with E-state index >= 15 is 0 Å². The Labute approximate surface area is 248 Å². The number of hydrogen-bond acceptors (Lipinski definition) is 10. The predicted octanol–water partition coefficient (Wildman–Crippen LogP) is 3.29. The van der Waals surface area contributed by atoms with E-state index in [4.69, 9.17) is 14.2 Å². The molecule has 1 aromatic carbocycles. The summed E-state index contributed by atoms with van der Waals surface area (Å²) in [4.78, 5) is 9.19. The first kappa shape index (κ1) is 32.0. The number of aryl methyl sites for hydroxylation is 1. The molecule has 0 fully saturated rings. The van der Waals surface area contributed by atoms with E-state index in [1.54, 1.807) is 49.2 Å². The first-order valence-corrected chi connectivity index (χ1v) is 19.3. The van der Waals surface area contributed by atoms with Crippen LogP contribution in [-0.4, -0.2) is 84.6 Å². The monoisotopic (exact) mass is 618 g/mol. The number of hydrogen-bond donors (Lipinski definition) is 2. The Kier molecular flexibility index (Phi) is 9.42. The zero-order chi connectivity index (χ0) is 30.9. The third kappa shape index (κ3) is 6.37. The molecule has 230 valence electrons. The van der Waals surface area contributed by atoms with E-state index in [-0.39, 0.29) is 24.9 Å². The van der Waals surface area contributed by atoms with Crippen LogP contribution in [0.1, 0.15) is 44.0 Å². The molecule has 12 nitrogen and oxygen atoms in total. The van der Waals surface area contributed by atoms with Gasteiger partial charge in [-0.1, -0.05) is 19.6 Å². The fourth-order valence-electron chi connectivity index (χ4n) is 4.94. The Morgan fingerprint density at radius 1 is 1.19 bits per heavy atom. The summed E-state index contributed by atoms with van der Waals surface area (Å²) in [6.07, 6.45) is 2.76. The molecule has 1 aliphatic heterocycles. The van der Waals surface area contributed by atoms with Gasteiger partial charge in [0, 0.05) is 27.0 Å². The van der Waals surface area contributed by atoms with Crippen molar-refractivity contribution in [3.8, 4) is 22.9 Å². The van der Waals surface area contributed by atoms with Crippen LogP contribution >= 0.6 is 0 Å². The van der Waals surface area contributed by atoms with Gasteiger partial charge in [-0.05, 0) is 57.5 Å². The first-order valence-electron chi connectivity index (χ1n) is 14.1. The van der Waals surface area contributed by atoms with Gasteiger partial charge in [0.15, 0.2) is 17.5 Å². The molecule has 0 saturated carbocycles. The van der Waals surface area contributed by atoms with Gasteiger partial charge in [-0.2, -0.15) is 0 Å². The van der Waals surface area contributed by atoms with Crippen LogP contribution in [0.3, 0.4) is 0 Å². The second-order valence-electron chi connectivity index (χ2n) is 12.1. The molecule has 0 bridgehead atoms. The van der Waals surface area contributed by atoms with Crippen molar-refractivity contribution in [2.45, 2.75) is 76.4 Å². The summed E-state index contributed by atoms with van der Waals surface area (Å²) in [5.41, 5.74) is -0.436. The van der Waals surface area contributed by atoms with Gasteiger partial charge in [0.25, 0.3) is 0 Å². The molecule has 0 aliphatic carbocycles. The molecule has 0 amide bonds. The Balaban J connectivity index is 2.01. The minimum absolute atomic E-state index is 0.0793. The van der Waals surface area contributed by atoms with E-state index in [9.17, 15) is 13.5 Å². The van der Waals surface area contributed by atoms with Crippen LogP contribution in [0.15, 0.2) is 30.6 Å². The molecular weight excluding hydrogens is 576 g/mol. The molecule has 0 radical (unpaired) electrons. The number of nitrogens with zero attached hydrogens (tertiary/aromatic N) is 5. The number of methoxy groups -OCH3 is 1. The highest BCUT2D eigenvalue weighted by atomic mass is 32.2. The average Bonchev–Trinajstić information content (AvgIpc) is 3.30. The van der Waals surface area contributed by atoms with E-state index in [2.05, 4.69) is 44.5 Å². The highest BCUT2D eigenvalue weighted by Gasteiger charge is 2.55. The van der Waals surface area contributed by atoms with E-state index in [1.165, 1.54) is 0 Å². The molecule has 0 spiro atoms. The van der Waals surface area contributed by atoms with Gasteiger partial charge < -0.3 is 19.3 Å². The number of sulfonamides is 1. The SMILES string of the molecule is COc1ccc2c(c1)-c1nnc(C(OC(C)C)(c3ncc(C)cn3)C(C)S(=O)(=O)NCC[Si](C)(C)C)n1[C@@H](CO)CO2. The largest absolute Gasteiger partial charge is 0.497 e. The summed E-state index contributed by atoms with van der Waals surface area (Å²) in [6.45, 7) is 13.7. The summed E-state index contributed by atoms with van der Waals surface area (Å²) in [6, 6.07) is 5.40. The maximum atomic E-state index is 14.1. The molecular formula is C28H42N6O6SSi. The zero-order valence-corrected chi connectivity index (χ0v) is 27.4. The van der Waals surface area contributed by atoms with Crippen LogP contribution in [0.25, 0.3) is 11.4 Å². The number of benzene rings is 1. The lowest BCUT2D eigenvalue weighted by atomic mass is 9.95. The maximum Gasteiger partial charge on any atom is 0.218 e. The summed E-state index contributed by atoms with van der Waals surface area (Å²) in [5.74, 6) is 1.74. The van der Waals surface area contributed by atoms with Gasteiger partial charge in [0.05, 0.1) is 31.4 Å². The number of aliphatic hydroxyl groups excluding tert-OH is 1. The van der Waals surface area contributed by atoms with E-state index in [0.29, 0.717) is 29.4 Å². The van der Waals surface area contributed by atoms with Gasteiger partial charge in [-0.15, -0.1) is 10.2 Å². The van der Waals surface area contributed by atoms with Crippen molar-refractivity contribution in [2.75, 3.05) is 26.9 Å². The van der Waals surface area contributed by atoms with Crippen LogP contribution in [0, 0.1) is 6.92 Å². The van der Waals surface area contributed by atoms with Crippen molar-refractivity contribution in [3.63, 3.8) is 0 Å². The normalized spacial score (nSPS) is 17.5. The lowest BCUT2D eigenvalue weighted by Crippen LogP contribution is -2.53. The van der Waals surface area contributed by atoms with Crippen molar-refractivity contribution in [1.29, 1.82) is 0 Å². The fourth-order valence-corrected chi connectivity index (χ4v) is 7.33. The summed E-state index contributed by atoms with van der Waals surface area (Å²) < 4.78 is 50.8. The molecule has 3 heterocycles. The van der Waals surface area contributed by atoms with E-state index in [1.807, 2.05) is 20.8 Å². The Morgan fingerprint density at radius 3 is 2.48 bits per heavy atom. The molecule has 4 rings (SSSR count). The lowest BCUT2D eigenvalue weighted by Gasteiger charge is -2.38. The van der Waals surface area contributed by atoms with Crippen molar-refractivity contribution < 1.29 is 27.7 Å². The van der Waals surface area contributed by atoms with Crippen LogP contribution in [0.2, 0.25) is 25.7 Å².